The molecule has 0 unspecified atom stereocenters. The lowest BCUT2D eigenvalue weighted by atomic mass is 9.69. The van der Waals surface area contributed by atoms with E-state index in [-0.39, 0.29) is 5.41 Å². The fourth-order valence-corrected chi connectivity index (χ4v) is 2.91. The van der Waals surface area contributed by atoms with Gasteiger partial charge in [0.05, 0.1) is 22.5 Å². The minimum atomic E-state index is -0.0523. The highest BCUT2D eigenvalue weighted by Crippen LogP contribution is 2.41. The summed E-state index contributed by atoms with van der Waals surface area (Å²) in [5.41, 5.74) is 6.78. The first-order valence-electron chi connectivity index (χ1n) is 6.16. The maximum absolute atomic E-state index is 5.83. The fourth-order valence-electron chi connectivity index (χ4n) is 2.30. The quantitative estimate of drug-likeness (QED) is 0.911. The molecule has 3 rings (SSSR count). The third kappa shape index (κ3) is 1.95. The van der Waals surface area contributed by atoms with E-state index in [1.54, 1.807) is 11.3 Å². The van der Waals surface area contributed by atoms with Crippen molar-refractivity contribution in [2.75, 3.05) is 6.54 Å². The third-order valence-corrected chi connectivity index (χ3v) is 4.45. The molecule has 0 saturated heterocycles. The molecule has 2 N–H and O–H groups in total. The van der Waals surface area contributed by atoms with E-state index in [0.717, 1.165) is 23.5 Å². The van der Waals surface area contributed by atoms with Crippen molar-refractivity contribution < 1.29 is 4.52 Å². The number of nitrogens with two attached hydrogens (primary N) is 1. The highest BCUT2D eigenvalue weighted by atomic mass is 32.1. The van der Waals surface area contributed by atoms with Gasteiger partial charge in [-0.25, -0.2) is 4.98 Å². The van der Waals surface area contributed by atoms with Crippen LogP contribution in [0.3, 0.4) is 0 Å². The number of hydrogen-bond acceptors (Lipinski definition) is 6. The molecule has 2 aromatic rings. The second-order valence-electron chi connectivity index (χ2n) is 4.89. The molecule has 0 amide bonds. The van der Waals surface area contributed by atoms with Crippen molar-refractivity contribution >= 4 is 11.3 Å². The lowest BCUT2D eigenvalue weighted by Crippen LogP contribution is -2.41. The van der Waals surface area contributed by atoms with Gasteiger partial charge in [0, 0.05) is 11.9 Å². The van der Waals surface area contributed by atoms with Gasteiger partial charge >= 0.3 is 0 Å². The second-order valence-corrected chi connectivity index (χ2v) is 5.95. The summed E-state index contributed by atoms with van der Waals surface area (Å²) in [5.74, 6) is 1.41. The number of aromatic nitrogens is 3. The summed E-state index contributed by atoms with van der Waals surface area (Å²) in [7, 11) is 0. The van der Waals surface area contributed by atoms with Gasteiger partial charge in [-0.2, -0.15) is 4.98 Å². The summed E-state index contributed by atoms with van der Waals surface area (Å²) < 4.78 is 5.38. The van der Waals surface area contributed by atoms with Gasteiger partial charge in [0.2, 0.25) is 5.89 Å². The number of hydrogen-bond donors (Lipinski definition) is 1. The normalized spacial score (nSPS) is 17.7. The van der Waals surface area contributed by atoms with Gasteiger partial charge in [-0.15, -0.1) is 11.3 Å². The maximum Gasteiger partial charge on any atom is 0.234 e. The molecular formula is C12H16N4OS. The Morgan fingerprint density at radius 2 is 2.28 bits per heavy atom. The first-order chi connectivity index (χ1) is 8.72. The van der Waals surface area contributed by atoms with Crippen LogP contribution in [-0.4, -0.2) is 21.7 Å². The van der Waals surface area contributed by atoms with Gasteiger partial charge in [0.1, 0.15) is 0 Å². The molecule has 2 aromatic heterocycles. The lowest BCUT2D eigenvalue weighted by Gasteiger charge is -2.36. The standard InChI is InChI=1S/C12H16N4OS/c1-8-14-9(6-18-8)5-10-15-11(17-16-10)12(7-13)3-2-4-12/h6H,2-5,7,13H2,1H3. The van der Waals surface area contributed by atoms with Crippen LogP contribution in [0.25, 0.3) is 0 Å². The van der Waals surface area contributed by atoms with E-state index in [0.29, 0.717) is 24.7 Å². The van der Waals surface area contributed by atoms with E-state index in [4.69, 9.17) is 10.3 Å². The van der Waals surface area contributed by atoms with Crippen LogP contribution in [-0.2, 0) is 11.8 Å². The summed E-state index contributed by atoms with van der Waals surface area (Å²) >= 11 is 1.64. The van der Waals surface area contributed by atoms with Crippen LogP contribution in [0.2, 0.25) is 0 Å². The Morgan fingerprint density at radius 1 is 1.44 bits per heavy atom. The molecule has 0 spiro atoms. The zero-order valence-corrected chi connectivity index (χ0v) is 11.2. The van der Waals surface area contributed by atoms with Gasteiger partial charge in [0.15, 0.2) is 5.82 Å². The molecule has 1 fully saturated rings. The molecule has 18 heavy (non-hydrogen) atoms. The topological polar surface area (TPSA) is 77.8 Å². The number of nitrogens with zero attached hydrogens (tertiary/aromatic N) is 3. The van der Waals surface area contributed by atoms with Gasteiger partial charge in [-0.1, -0.05) is 11.6 Å². The van der Waals surface area contributed by atoms with Gasteiger partial charge in [-0.05, 0) is 19.8 Å². The second kappa shape index (κ2) is 4.44. The third-order valence-electron chi connectivity index (χ3n) is 3.63. The zero-order chi connectivity index (χ0) is 12.6. The van der Waals surface area contributed by atoms with Crippen LogP contribution in [0.4, 0.5) is 0 Å². The summed E-state index contributed by atoms with van der Waals surface area (Å²) in [6, 6.07) is 0. The molecule has 5 nitrogen and oxygen atoms in total. The molecule has 96 valence electrons. The molecule has 0 radical (unpaired) electrons. The van der Waals surface area contributed by atoms with Crippen molar-refractivity contribution in [3.05, 3.63) is 27.8 Å². The van der Waals surface area contributed by atoms with Crippen LogP contribution in [0.1, 0.15) is 41.7 Å². The van der Waals surface area contributed by atoms with Crippen LogP contribution in [0.5, 0.6) is 0 Å². The van der Waals surface area contributed by atoms with E-state index in [1.807, 2.05) is 12.3 Å². The van der Waals surface area contributed by atoms with Crippen molar-refractivity contribution in [2.24, 2.45) is 5.73 Å². The van der Waals surface area contributed by atoms with E-state index >= 15 is 0 Å². The van der Waals surface area contributed by atoms with Gasteiger partial charge in [0.25, 0.3) is 0 Å². The largest absolute Gasteiger partial charge is 0.339 e. The van der Waals surface area contributed by atoms with Crippen molar-refractivity contribution in [1.82, 2.24) is 15.1 Å². The Labute approximate surface area is 109 Å². The molecule has 2 heterocycles. The summed E-state index contributed by atoms with van der Waals surface area (Å²) in [6.45, 7) is 2.58. The zero-order valence-electron chi connectivity index (χ0n) is 10.3. The van der Waals surface area contributed by atoms with Crippen LogP contribution >= 0.6 is 11.3 Å². The molecule has 1 aliphatic rings. The van der Waals surface area contributed by atoms with Crippen molar-refractivity contribution in [3.8, 4) is 0 Å². The smallest absolute Gasteiger partial charge is 0.234 e. The van der Waals surface area contributed by atoms with Crippen molar-refractivity contribution in [3.63, 3.8) is 0 Å². The van der Waals surface area contributed by atoms with Gasteiger partial charge < -0.3 is 10.3 Å². The average molecular weight is 264 g/mol. The Hall–Kier alpha value is -1.27. The Balaban J connectivity index is 1.77. The summed E-state index contributed by atoms with van der Waals surface area (Å²) in [5, 5.41) is 7.14. The summed E-state index contributed by atoms with van der Waals surface area (Å²) in [4.78, 5) is 8.89. The highest BCUT2D eigenvalue weighted by Gasteiger charge is 2.42. The van der Waals surface area contributed by atoms with E-state index < -0.39 is 0 Å². The first-order valence-corrected chi connectivity index (χ1v) is 7.04. The average Bonchev–Trinajstić information content (AvgIpc) is 2.89. The highest BCUT2D eigenvalue weighted by molar-refractivity contribution is 7.09. The molecule has 1 aliphatic carbocycles. The molecule has 1 saturated carbocycles. The fraction of sp³-hybridized carbons (Fsp3) is 0.583. The van der Waals surface area contributed by atoms with Crippen LogP contribution in [0, 0.1) is 6.92 Å². The van der Waals surface area contributed by atoms with Crippen LogP contribution in [0.15, 0.2) is 9.90 Å². The Kier molecular flexibility index (Phi) is 2.91. The molecular weight excluding hydrogens is 248 g/mol. The Bertz CT molecular complexity index is 538. The molecule has 0 aromatic carbocycles. The van der Waals surface area contributed by atoms with Crippen molar-refractivity contribution in [1.29, 1.82) is 0 Å². The first kappa shape index (κ1) is 11.8. The summed E-state index contributed by atoms with van der Waals surface area (Å²) in [6.07, 6.45) is 3.94. The number of aryl methyl sites for hydroxylation is 1. The molecule has 6 heteroatoms. The van der Waals surface area contributed by atoms with E-state index in [9.17, 15) is 0 Å². The molecule has 0 bridgehead atoms. The monoisotopic (exact) mass is 264 g/mol. The number of thiazole rings is 1. The predicted molar refractivity (Wildman–Crippen MR) is 68.5 cm³/mol. The predicted octanol–water partition coefficient (Wildman–Crippen LogP) is 1.81. The van der Waals surface area contributed by atoms with Crippen LogP contribution < -0.4 is 5.73 Å². The molecule has 0 aliphatic heterocycles. The van der Waals surface area contributed by atoms with Gasteiger partial charge in [-0.3, -0.25) is 0 Å². The molecule has 0 atom stereocenters. The lowest BCUT2D eigenvalue weighted by molar-refractivity contribution is 0.181. The maximum atomic E-state index is 5.83. The number of rotatable bonds is 4. The van der Waals surface area contributed by atoms with E-state index in [2.05, 4.69) is 15.1 Å². The SMILES string of the molecule is Cc1nc(Cc2noc(C3(CN)CCC3)n2)cs1. The van der Waals surface area contributed by atoms with Crippen molar-refractivity contribution in [2.45, 2.75) is 38.0 Å². The minimum Gasteiger partial charge on any atom is -0.339 e. The minimum absolute atomic E-state index is 0.0523. The Morgan fingerprint density at radius 3 is 2.83 bits per heavy atom. The van der Waals surface area contributed by atoms with E-state index in [1.165, 1.54) is 6.42 Å².